The molecule has 7 rings (SSSR count). The van der Waals surface area contributed by atoms with Crippen molar-refractivity contribution >= 4 is 66.7 Å². The first-order valence-corrected chi connectivity index (χ1v) is 21.4. The Morgan fingerprint density at radius 2 is 1.91 bits per heavy atom. The molecule has 5 N–H and O–H groups in total. The molecule has 0 unspecified atom stereocenters. The third kappa shape index (κ3) is 8.63. The van der Waals surface area contributed by atoms with Crippen molar-refractivity contribution in [2.75, 3.05) is 30.9 Å². The first-order chi connectivity index (χ1) is 27.8. The van der Waals surface area contributed by atoms with E-state index in [2.05, 4.69) is 20.7 Å². The van der Waals surface area contributed by atoms with E-state index < -0.39 is 58.0 Å². The minimum atomic E-state index is -4.52. The lowest BCUT2D eigenvalue weighted by Gasteiger charge is -2.26. The molecule has 4 heterocycles. The largest absolute Gasteiger partial charge is 0.497 e. The van der Waals surface area contributed by atoms with Gasteiger partial charge in [0.2, 0.25) is 17.7 Å². The van der Waals surface area contributed by atoms with Crippen LogP contribution in [0.15, 0.2) is 71.0 Å². The summed E-state index contributed by atoms with van der Waals surface area (Å²) in [6.07, 6.45) is 5.00. The number of aliphatic hydroxyl groups excluding tert-OH is 1. The van der Waals surface area contributed by atoms with E-state index in [9.17, 15) is 32.7 Å². The van der Waals surface area contributed by atoms with Crippen LogP contribution in [0.1, 0.15) is 52.4 Å². The molecule has 1 aliphatic carbocycles. The van der Waals surface area contributed by atoms with Gasteiger partial charge in [0.15, 0.2) is 5.13 Å². The zero-order valence-corrected chi connectivity index (χ0v) is 33.8. The summed E-state index contributed by atoms with van der Waals surface area (Å²) >= 11 is 1.44. The molecular formula is C40H45N7O9S2. The van der Waals surface area contributed by atoms with Gasteiger partial charge in [0.25, 0.3) is 15.9 Å². The number of fused-ring (bicyclic) bond motifs is 3. The van der Waals surface area contributed by atoms with E-state index >= 15 is 0 Å². The molecule has 4 atom stereocenters. The maximum atomic E-state index is 14.3. The van der Waals surface area contributed by atoms with Crippen LogP contribution < -0.4 is 30.1 Å². The molecule has 3 aliphatic rings. The number of nitrogens with one attached hydrogen (secondary N) is 4. The number of para-hydroxylation sites is 1. The quantitative estimate of drug-likeness (QED) is 0.151. The molecule has 2 aromatic carbocycles. The van der Waals surface area contributed by atoms with E-state index in [-0.39, 0.29) is 48.3 Å². The molecule has 0 bridgehead atoms. The number of sulfonamides is 1. The van der Waals surface area contributed by atoms with E-state index in [0.29, 0.717) is 53.1 Å². The Kier molecular flexibility index (Phi) is 11.7. The van der Waals surface area contributed by atoms with Crippen LogP contribution in [-0.2, 0) is 29.2 Å². The number of hydrogen-bond acceptors (Lipinski definition) is 13. The number of rotatable bonds is 9. The maximum Gasteiger partial charge on any atom is 0.266 e. The van der Waals surface area contributed by atoms with E-state index in [1.165, 1.54) is 34.4 Å². The Morgan fingerprint density at radius 3 is 2.69 bits per heavy atom. The molecule has 1 saturated carbocycles. The molecule has 1 saturated heterocycles. The Bertz CT molecular complexity index is 2380. The SMILES string of the molecule is COc1ccc2c(O[C@@H]3C[C@@H](C(=O)N[C@]45C[C@@H]4/C=C/CCCCC(=O)Nc4ccccc4S(=O)(=O)NC5=O)N(C(=O)CO)C3)cc(-c3csc(NC(C)C)n3)nc2c1. The number of aliphatic hydroxyl groups is 1. The third-order valence-electron chi connectivity index (χ3n) is 10.3. The first-order valence-electron chi connectivity index (χ1n) is 19.0. The summed E-state index contributed by atoms with van der Waals surface area (Å²) in [5.41, 5.74) is 0.0767. The molecule has 0 spiro atoms. The predicted octanol–water partition coefficient (Wildman–Crippen LogP) is 3.98. The molecule has 2 aliphatic heterocycles. The highest BCUT2D eigenvalue weighted by Gasteiger charge is 2.61. The number of benzene rings is 2. The average Bonchev–Trinajstić information content (AvgIpc) is 3.46. The fourth-order valence-corrected chi connectivity index (χ4v) is 9.35. The normalized spacial score (nSPS) is 23.7. The maximum absolute atomic E-state index is 14.3. The Labute approximate surface area is 339 Å². The number of hydrogen-bond donors (Lipinski definition) is 5. The van der Waals surface area contributed by atoms with Gasteiger partial charge in [-0.3, -0.25) is 19.2 Å². The number of ether oxygens (including phenoxy) is 2. The van der Waals surface area contributed by atoms with Crippen molar-refractivity contribution < 1.29 is 42.2 Å². The van der Waals surface area contributed by atoms with Gasteiger partial charge in [-0.2, -0.15) is 0 Å². The lowest BCUT2D eigenvalue weighted by molar-refractivity contribution is -0.141. The average molecular weight is 832 g/mol. The molecule has 306 valence electrons. The van der Waals surface area contributed by atoms with Gasteiger partial charge in [-0.25, -0.2) is 23.1 Å². The van der Waals surface area contributed by atoms with Crippen molar-refractivity contribution in [3.8, 4) is 22.9 Å². The monoisotopic (exact) mass is 831 g/mol. The predicted molar refractivity (Wildman–Crippen MR) is 217 cm³/mol. The number of carbonyl (C=O) groups is 4. The summed E-state index contributed by atoms with van der Waals surface area (Å²) in [7, 11) is -2.97. The lowest BCUT2D eigenvalue weighted by atomic mass is 10.1. The molecule has 18 heteroatoms. The number of anilines is 2. The lowest BCUT2D eigenvalue weighted by Crippen LogP contribution is -2.56. The fraction of sp³-hybridized carbons (Fsp3) is 0.400. The number of thiazole rings is 1. The topological polar surface area (TPSA) is 218 Å². The molecule has 0 radical (unpaired) electrons. The van der Waals surface area contributed by atoms with Crippen LogP contribution in [0.5, 0.6) is 11.5 Å². The summed E-state index contributed by atoms with van der Waals surface area (Å²) in [6.45, 7) is 3.09. The molecular weight excluding hydrogens is 787 g/mol. The van der Waals surface area contributed by atoms with Crippen LogP contribution in [0.25, 0.3) is 22.3 Å². The van der Waals surface area contributed by atoms with Crippen LogP contribution in [0.2, 0.25) is 0 Å². The number of pyridine rings is 1. The van der Waals surface area contributed by atoms with Crippen molar-refractivity contribution in [1.82, 2.24) is 24.9 Å². The zero-order valence-electron chi connectivity index (χ0n) is 32.2. The molecule has 4 aromatic rings. The number of amides is 4. The second-order valence-electron chi connectivity index (χ2n) is 14.8. The Hall–Kier alpha value is -5.59. The second kappa shape index (κ2) is 16.7. The number of allylic oxidation sites excluding steroid dienone is 1. The highest BCUT2D eigenvalue weighted by atomic mass is 32.2. The van der Waals surface area contributed by atoms with Gasteiger partial charge < -0.3 is 35.4 Å². The molecule has 2 aromatic heterocycles. The van der Waals surface area contributed by atoms with Gasteiger partial charge >= 0.3 is 0 Å². The first kappa shape index (κ1) is 40.6. The minimum absolute atomic E-state index is 0.00435. The summed E-state index contributed by atoms with van der Waals surface area (Å²) in [5.74, 6) is -2.30. The molecule has 4 amide bonds. The molecule has 16 nitrogen and oxygen atoms in total. The highest BCUT2D eigenvalue weighted by Crippen LogP contribution is 2.46. The van der Waals surface area contributed by atoms with Crippen molar-refractivity contribution in [1.29, 1.82) is 0 Å². The van der Waals surface area contributed by atoms with Crippen molar-refractivity contribution in [2.45, 2.75) is 81.0 Å². The van der Waals surface area contributed by atoms with Gasteiger partial charge in [0.1, 0.15) is 46.4 Å². The number of likely N-dealkylation sites (tertiary alicyclic amines) is 1. The Morgan fingerprint density at radius 1 is 1.10 bits per heavy atom. The number of nitrogens with zero attached hydrogens (tertiary/aromatic N) is 3. The summed E-state index contributed by atoms with van der Waals surface area (Å²) in [4.78, 5) is 64.5. The van der Waals surface area contributed by atoms with Gasteiger partial charge in [0, 0.05) is 47.7 Å². The van der Waals surface area contributed by atoms with E-state index in [1.54, 1.807) is 43.5 Å². The minimum Gasteiger partial charge on any atom is -0.497 e. The van der Waals surface area contributed by atoms with Crippen LogP contribution in [-0.4, -0.2) is 96.0 Å². The highest BCUT2D eigenvalue weighted by molar-refractivity contribution is 7.90. The van der Waals surface area contributed by atoms with E-state index in [1.807, 2.05) is 25.3 Å². The standard InChI is InChI=1S/C40H45N7O9S2/c1-23(2)41-39-44-31(22-57-39)30-18-33(27-15-14-25(55-3)16-29(27)42-30)56-26-17-32(47(20-26)36(50)21-48)37(51)45-40-19-24(40)10-6-4-5-7-13-35(49)43-28-11-8-9-12-34(28)58(53,54)46-38(40)52/h6,8-12,14-16,18,22-24,26,32,48H,4-5,7,13,17,19-21H2,1-3H3,(H,41,44)(H,43,49)(H,45,51)(H,46,52)/b10-6+/t24-,26+,32-,40+/m0/s1. The summed E-state index contributed by atoms with van der Waals surface area (Å²) in [5, 5.41) is 21.9. The van der Waals surface area contributed by atoms with Crippen molar-refractivity contribution in [2.24, 2.45) is 5.92 Å². The smallest absolute Gasteiger partial charge is 0.266 e. The summed E-state index contributed by atoms with van der Waals surface area (Å²) in [6, 6.07) is 11.8. The van der Waals surface area contributed by atoms with E-state index in [0.717, 1.165) is 5.13 Å². The second-order valence-corrected chi connectivity index (χ2v) is 17.4. The van der Waals surface area contributed by atoms with Gasteiger partial charge in [0.05, 0.1) is 30.6 Å². The van der Waals surface area contributed by atoms with Crippen molar-refractivity contribution in [3.63, 3.8) is 0 Å². The van der Waals surface area contributed by atoms with Crippen LogP contribution >= 0.6 is 11.3 Å². The Balaban J connectivity index is 1.16. The number of carbonyl (C=O) groups excluding carboxylic acids is 4. The summed E-state index contributed by atoms with van der Waals surface area (Å²) < 4.78 is 41.4. The van der Waals surface area contributed by atoms with Crippen LogP contribution in [0, 0.1) is 5.92 Å². The van der Waals surface area contributed by atoms with Gasteiger partial charge in [-0.05, 0) is 63.8 Å². The number of aromatic nitrogens is 2. The van der Waals surface area contributed by atoms with E-state index in [4.69, 9.17) is 19.4 Å². The zero-order chi connectivity index (χ0) is 41.2. The van der Waals surface area contributed by atoms with Gasteiger partial charge in [-0.15, -0.1) is 11.3 Å². The van der Waals surface area contributed by atoms with Crippen LogP contribution in [0.4, 0.5) is 10.8 Å². The van der Waals surface area contributed by atoms with Crippen LogP contribution in [0.3, 0.4) is 0 Å². The van der Waals surface area contributed by atoms with Crippen molar-refractivity contribution in [3.05, 3.63) is 66.1 Å². The molecule has 58 heavy (non-hydrogen) atoms. The third-order valence-corrected chi connectivity index (χ3v) is 12.5. The van der Waals surface area contributed by atoms with Gasteiger partial charge in [-0.1, -0.05) is 24.3 Å². The fourth-order valence-electron chi connectivity index (χ4n) is 7.29. The number of methoxy groups -OCH3 is 1. The molecule has 2 fully saturated rings.